The molecule has 4 rings (SSSR count). The van der Waals surface area contributed by atoms with Crippen molar-refractivity contribution in [2.75, 3.05) is 10.6 Å². The van der Waals surface area contributed by atoms with Crippen molar-refractivity contribution >= 4 is 23.6 Å². The quantitative estimate of drug-likeness (QED) is 0.560. The van der Waals surface area contributed by atoms with Gasteiger partial charge in [-0.15, -0.1) is 0 Å². The van der Waals surface area contributed by atoms with Gasteiger partial charge >= 0.3 is 5.97 Å². The van der Waals surface area contributed by atoms with E-state index in [4.69, 9.17) is 0 Å². The number of aromatic hydroxyl groups is 1. The van der Waals surface area contributed by atoms with Crippen LogP contribution in [0, 0.1) is 20.8 Å². The van der Waals surface area contributed by atoms with E-state index in [-0.39, 0.29) is 12.2 Å². The van der Waals surface area contributed by atoms with Crippen LogP contribution in [0.5, 0.6) is 5.75 Å². The van der Waals surface area contributed by atoms with Gasteiger partial charge in [0.1, 0.15) is 5.75 Å². The number of benzene rings is 2. The van der Waals surface area contributed by atoms with Gasteiger partial charge in [-0.05, 0) is 54.7 Å². The molecule has 154 valence electrons. The Morgan fingerprint density at radius 2 is 1.83 bits per heavy atom. The fourth-order valence-corrected chi connectivity index (χ4v) is 5.04. The Balaban J connectivity index is 2.11. The molecule has 2 heterocycles. The minimum atomic E-state index is -0.847. The summed E-state index contributed by atoms with van der Waals surface area (Å²) < 4.78 is 2.16. The van der Waals surface area contributed by atoms with Crippen LogP contribution in [0.25, 0.3) is 22.4 Å². The lowest BCUT2D eigenvalue weighted by Crippen LogP contribution is -2.23. The van der Waals surface area contributed by atoms with Crippen LogP contribution in [-0.4, -0.2) is 27.4 Å². The van der Waals surface area contributed by atoms with Gasteiger partial charge in [0.15, 0.2) is 0 Å². The first kappa shape index (κ1) is 20.3. The molecule has 0 atom stereocenters. The number of hydrogen-bond acceptors (Lipinski definition) is 5. The molecule has 6 heteroatoms. The average Bonchev–Trinajstić information content (AvgIpc) is 2.71. The highest BCUT2D eigenvalue weighted by molar-refractivity contribution is 7.99. The molecule has 0 bridgehead atoms. The van der Waals surface area contributed by atoms with Gasteiger partial charge in [-0.2, -0.15) is 0 Å². The zero-order valence-electron chi connectivity index (χ0n) is 17.5. The molecule has 0 spiro atoms. The maximum atomic E-state index is 11.8. The highest BCUT2D eigenvalue weighted by atomic mass is 32.2. The van der Waals surface area contributed by atoms with E-state index in [9.17, 15) is 15.0 Å². The van der Waals surface area contributed by atoms with E-state index in [0.717, 1.165) is 55.9 Å². The van der Waals surface area contributed by atoms with Crippen molar-refractivity contribution < 1.29 is 15.0 Å². The second-order valence-corrected chi connectivity index (χ2v) is 8.49. The highest BCUT2D eigenvalue weighted by Gasteiger charge is 2.31. The molecule has 30 heavy (non-hydrogen) atoms. The maximum absolute atomic E-state index is 11.8. The number of fused-ring (bicyclic) bond motifs is 3. The van der Waals surface area contributed by atoms with Crippen molar-refractivity contribution in [2.45, 2.75) is 33.7 Å². The van der Waals surface area contributed by atoms with E-state index in [1.807, 2.05) is 39.2 Å². The van der Waals surface area contributed by atoms with Crippen LogP contribution in [0.1, 0.15) is 27.8 Å². The van der Waals surface area contributed by atoms with E-state index in [0.29, 0.717) is 6.54 Å². The predicted octanol–water partition coefficient (Wildman–Crippen LogP) is 5.27. The van der Waals surface area contributed by atoms with Gasteiger partial charge < -0.3 is 14.5 Å². The molecule has 2 aromatic carbocycles. The Kier molecular flexibility index (Phi) is 5.20. The first-order valence-corrected chi connectivity index (χ1v) is 10.9. The molecule has 1 aromatic heterocycles. The monoisotopic (exact) mass is 420 g/mol. The molecule has 0 fully saturated rings. The average molecular weight is 421 g/mol. The van der Waals surface area contributed by atoms with E-state index in [1.54, 1.807) is 18.0 Å². The lowest BCUT2D eigenvalue weighted by Gasteiger charge is -2.35. The Morgan fingerprint density at radius 3 is 2.47 bits per heavy atom. The first-order chi connectivity index (χ1) is 14.3. The Hall–Kier alpha value is -2.99. The van der Waals surface area contributed by atoms with Crippen LogP contribution in [0.3, 0.4) is 0 Å². The lowest BCUT2D eigenvalue weighted by molar-refractivity contribution is -0.136. The SMILES string of the molecule is CSN1Cc2cc(O)cnc2-c2c(C)c(-c3ccc(C)cc3)c(CC(=O)O)c(C)c21. The molecule has 0 radical (unpaired) electrons. The fraction of sp³-hybridized carbons (Fsp3) is 0.250. The summed E-state index contributed by atoms with van der Waals surface area (Å²) in [6.45, 7) is 6.68. The number of pyridine rings is 1. The van der Waals surface area contributed by atoms with Gasteiger partial charge in [0.2, 0.25) is 0 Å². The number of anilines is 1. The van der Waals surface area contributed by atoms with Crippen molar-refractivity contribution in [3.63, 3.8) is 0 Å². The molecule has 0 aliphatic carbocycles. The van der Waals surface area contributed by atoms with Crippen LogP contribution in [0.4, 0.5) is 5.69 Å². The number of hydrogen-bond donors (Lipinski definition) is 2. The number of aromatic nitrogens is 1. The standard InChI is InChI=1S/C24H24N2O3S/c1-13-5-7-16(8-6-13)21-15(3)22-23-17(9-18(27)11-25-23)12-26(30-4)24(22)14(2)19(21)10-20(28)29/h5-9,11,27H,10,12H2,1-4H3,(H,28,29). The van der Waals surface area contributed by atoms with E-state index < -0.39 is 5.97 Å². The number of carboxylic acids is 1. The van der Waals surface area contributed by atoms with Crippen molar-refractivity contribution in [3.05, 3.63) is 64.3 Å². The molecule has 0 saturated heterocycles. The van der Waals surface area contributed by atoms with Crippen molar-refractivity contribution in [1.82, 2.24) is 4.98 Å². The molecule has 0 unspecified atom stereocenters. The Bertz CT molecular complexity index is 1160. The summed E-state index contributed by atoms with van der Waals surface area (Å²) in [5.74, 6) is -0.699. The summed E-state index contributed by atoms with van der Waals surface area (Å²) in [6.07, 6.45) is 3.44. The van der Waals surface area contributed by atoms with Gasteiger partial charge in [-0.3, -0.25) is 9.78 Å². The second kappa shape index (κ2) is 7.69. The smallest absolute Gasteiger partial charge is 0.307 e. The summed E-state index contributed by atoms with van der Waals surface area (Å²) in [4.78, 5) is 16.3. The van der Waals surface area contributed by atoms with Gasteiger partial charge in [-0.25, -0.2) is 0 Å². The zero-order chi connectivity index (χ0) is 21.6. The molecule has 1 aliphatic rings. The van der Waals surface area contributed by atoms with Crippen LogP contribution >= 0.6 is 11.9 Å². The minimum absolute atomic E-state index is 0.0404. The molecule has 2 N–H and O–H groups in total. The van der Waals surface area contributed by atoms with Gasteiger partial charge in [0, 0.05) is 17.4 Å². The second-order valence-electron chi connectivity index (χ2n) is 7.68. The van der Waals surface area contributed by atoms with Gasteiger partial charge in [0.05, 0.1) is 30.5 Å². The summed E-state index contributed by atoms with van der Waals surface area (Å²) in [6, 6.07) is 9.96. The molecule has 3 aromatic rings. The van der Waals surface area contributed by atoms with E-state index in [2.05, 4.69) is 21.4 Å². The third kappa shape index (κ3) is 3.31. The van der Waals surface area contributed by atoms with Crippen LogP contribution in [-0.2, 0) is 17.8 Å². The van der Waals surface area contributed by atoms with Gasteiger partial charge in [0.25, 0.3) is 0 Å². The molecule has 0 saturated carbocycles. The number of nitrogens with zero attached hydrogens (tertiary/aromatic N) is 2. The molecule has 0 amide bonds. The van der Waals surface area contributed by atoms with Crippen molar-refractivity contribution in [3.8, 4) is 28.1 Å². The summed E-state index contributed by atoms with van der Waals surface area (Å²) >= 11 is 1.59. The van der Waals surface area contributed by atoms with E-state index in [1.165, 1.54) is 6.20 Å². The number of carbonyl (C=O) groups is 1. The molecular weight excluding hydrogens is 396 g/mol. The number of aliphatic carboxylic acids is 1. The Morgan fingerprint density at radius 1 is 1.13 bits per heavy atom. The fourth-order valence-electron chi connectivity index (χ4n) is 4.36. The molecule has 1 aliphatic heterocycles. The van der Waals surface area contributed by atoms with Crippen molar-refractivity contribution in [2.24, 2.45) is 0 Å². The highest BCUT2D eigenvalue weighted by Crippen LogP contribution is 2.49. The first-order valence-electron chi connectivity index (χ1n) is 9.76. The number of carboxylic acid groups (broad SMARTS) is 1. The van der Waals surface area contributed by atoms with Crippen LogP contribution in [0.2, 0.25) is 0 Å². The van der Waals surface area contributed by atoms with E-state index >= 15 is 0 Å². The topological polar surface area (TPSA) is 73.7 Å². The molecular formula is C24H24N2O3S. The Labute approximate surface area is 180 Å². The predicted molar refractivity (Wildman–Crippen MR) is 122 cm³/mol. The number of aryl methyl sites for hydroxylation is 1. The largest absolute Gasteiger partial charge is 0.506 e. The summed E-state index contributed by atoms with van der Waals surface area (Å²) in [5.41, 5.74) is 9.75. The lowest BCUT2D eigenvalue weighted by atomic mass is 9.82. The van der Waals surface area contributed by atoms with Crippen molar-refractivity contribution in [1.29, 1.82) is 0 Å². The molecule has 5 nitrogen and oxygen atoms in total. The van der Waals surface area contributed by atoms with Crippen LogP contribution in [0.15, 0.2) is 36.5 Å². The third-order valence-corrected chi connectivity index (χ3v) is 6.49. The van der Waals surface area contributed by atoms with Crippen LogP contribution < -0.4 is 4.31 Å². The van der Waals surface area contributed by atoms with Gasteiger partial charge in [-0.1, -0.05) is 41.8 Å². The maximum Gasteiger partial charge on any atom is 0.307 e. The number of rotatable bonds is 4. The zero-order valence-corrected chi connectivity index (χ0v) is 18.3. The summed E-state index contributed by atoms with van der Waals surface area (Å²) in [7, 11) is 0. The summed E-state index contributed by atoms with van der Waals surface area (Å²) in [5, 5.41) is 19.6. The third-order valence-electron chi connectivity index (χ3n) is 5.74. The minimum Gasteiger partial charge on any atom is -0.506 e. The normalized spacial score (nSPS) is 12.5.